The van der Waals surface area contributed by atoms with Crippen LogP contribution in [0.3, 0.4) is 0 Å². The molecule has 0 aliphatic rings. The van der Waals surface area contributed by atoms with Crippen molar-refractivity contribution in [3.8, 4) is 0 Å². The number of aromatic nitrogens is 2. The van der Waals surface area contributed by atoms with Gasteiger partial charge in [-0.15, -0.1) is 0 Å². The second kappa shape index (κ2) is 6.76. The first-order valence-corrected chi connectivity index (χ1v) is 7.88. The predicted molar refractivity (Wildman–Crippen MR) is 77.6 cm³/mol. The maximum Gasteiger partial charge on any atom is 0.417 e. The van der Waals surface area contributed by atoms with Crippen molar-refractivity contribution in [1.29, 1.82) is 0 Å². The van der Waals surface area contributed by atoms with Crippen molar-refractivity contribution in [3.63, 3.8) is 0 Å². The zero-order valence-corrected chi connectivity index (χ0v) is 13.1. The largest absolute Gasteiger partial charge is 0.417 e. The Hall–Kier alpha value is -1.12. The van der Waals surface area contributed by atoms with E-state index in [-0.39, 0.29) is 4.90 Å². The third-order valence-corrected chi connectivity index (χ3v) is 4.55. The normalized spacial score (nSPS) is 11.9. The number of hydrogen-bond donors (Lipinski definition) is 1. The standard InChI is InChI=1S/C13H14F3N3S2/c1-3-17-7-9-4-5-11(10(6-9)13(14,15)16)20-12-18-8(2)19-21-12/h4-6,17H,3,7H2,1-2H3. The molecule has 114 valence electrons. The summed E-state index contributed by atoms with van der Waals surface area (Å²) < 4.78 is 44.1. The Kier molecular flexibility index (Phi) is 5.23. The monoisotopic (exact) mass is 333 g/mol. The number of hydrogen-bond acceptors (Lipinski definition) is 5. The summed E-state index contributed by atoms with van der Waals surface area (Å²) in [6.45, 7) is 4.75. The molecule has 8 heteroatoms. The quantitative estimate of drug-likeness (QED) is 0.893. The van der Waals surface area contributed by atoms with Gasteiger partial charge in [-0.3, -0.25) is 0 Å². The average molecular weight is 333 g/mol. The lowest BCUT2D eigenvalue weighted by Crippen LogP contribution is -2.13. The highest BCUT2D eigenvalue weighted by molar-refractivity contribution is 8.01. The third-order valence-electron chi connectivity index (χ3n) is 2.63. The average Bonchev–Trinajstić information content (AvgIpc) is 2.82. The molecule has 1 heterocycles. The fourth-order valence-electron chi connectivity index (χ4n) is 1.68. The summed E-state index contributed by atoms with van der Waals surface area (Å²) in [5.74, 6) is 0.569. The summed E-state index contributed by atoms with van der Waals surface area (Å²) in [6, 6.07) is 4.39. The van der Waals surface area contributed by atoms with Crippen LogP contribution in [0, 0.1) is 6.92 Å². The molecule has 0 amide bonds. The van der Waals surface area contributed by atoms with Gasteiger partial charge in [0.15, 0.2) is 4.34 Å². The molecule has 2 rings (SSSR count). The van der Waals surface area contributed by atoms with Crippen molar-refractivity contribution in [3.05, 3.63) is 35.2 Å². The number of nitrogens with one attached hydrogen (secondary N) is 1. The zero-order valence-electron chi connectivity index (χ0n) is 11.5. The molecule has 0 bridgehead atoms. The molecule has 0 saturated heterocycles. The molecule has 0 unspecified atom stereocenters. The van der Waals surface area contributed by atoms with E-state index < -0.39 is 11.7 Å². The van der Waals surface area contributed by atoms with Crippen molar-refractivity contribution >= 4 is 23.3 Å². The Balaban J connectivity index is 2.31. The molecule has 2 aromatic rings. The first-order valence-electron chi connectivity index (χ1n) is 6.29. The van der Waals surface area contributed by atoms with E-state index in [1.165, 1.54) is 12.1 Å². The molecule has 0 aliphatic heterocycles. The molecule has 0 fully saturated rings. The second-order valence-corrected chi connectivity index (χ2v) is 6.36. The molecular weight excluding hydrogens is 319 g/mol. The number of rotatable bonds is 5. The highest BCUT2D eigenvalue weighted by Gasteiger charge is 2.34. The summed E-state index contributed by atoms with van der Waals surface area (Å²) in [5.41, 5.74) is -0.0160. The molecule has 1 N–H and O–H groups in total. The SMILES string of the molecule is CCNCc1ccc(Sc2nc(C)ns2)c(C(F)(F)F)c1. The molecular formula is C13H14F3N3S2. The lowest BCUT2D eigenvalue weighted by molar-refractivity contribution is -0.139. The number of nitrogens with zero attached hydrogens (tertiary/aromatic N) is 2. The first-order chi connectivity index (χ1) is 9.90. The molecule has 0 radical (unpaired) electrons. The zero-order chi connectivity index (χ0) is 15.5. The minimum absolute atomic E-state index is 0.152. The van der Waals surface area contributed by atoms with Crippen molar-refractivity contribution in [2.75, 3.05) is 6.54 Å². The lowest BCUT2D eigenvalue weighted by Gasteiger charge is -2.13. The third kappa shape index (κ3) is 4.42. The highest BCUT2D eigenvalue weighted by atomic mass is 32.2. The molecule has 0 spiro atoms. The number of halogens is 3. The van der Waals surface area contributed by atoms with Crippen LogP contribution >= 0.6 is 23.3 Å². The van der Waals surface area contributed by atoms with Gasteiger partial charge in [0.25, 0.3) is 0 Å². The van der Waals surface area contributed by atoms with Crippen molar-refractivity contribution in [2.45, 2.75) is 35.8 Å². The smallest absolute Gasteiger partial charge is 0.313 e. The Morgan fingerprint density at radius 3 is 2.67 bits per heavy atom. The van der Waals surface area contributed by atoms with Crippen LogP contribution in [0.2, 0.25) is 0 Å². The number of benzene rings is 1. The predicted octanol–water partition coefficient (Wildman–Crippen LogP) is 4.13. The molecule has 0 saturated carbocycles. The topological polar surface area (TPSA) is 37.8 Å². The fourth-order valence-corrected chi connectivity index (χ4v) is 3.42. The minimum atomic E-state index is -4.38. The fraction of sp³-hybridized carbons (Fsp3) is 0.385. The van der Waals surface area contributed by atoms with Gasteiger partial charge >= 0.3 is 6.18 Å². The van der Waals surface area contributed by atoms with Crippen LogP contribution < -0.4 is 5.32 Å². The van der Waals surface area contributed by atoms with Gasteiger partial charge in [-0.25, -0.2) is 4.98 Å². The summed E-state index contributed by atoms with van der Waals surface area (Å²) in [5, 5.41) is 3.02. The van der Waals surface area contributed by atoms with Crippen molar-refractivity contribution in [1.82, 2.24) is 14.7 Å². The van der Waals surface area contributed by atoms with E-state index in [1.54, 1.807) is 13.0 Å². The van der Waals surface area contributed by atoms with Crippen molar-refractivity contribution in [2.24, 2.45) is 0 Å². The highest BCUT2D eigenvalue weighted by Crippen LogP contribution is 2.40. The first kappa shape index (κ1) is 16.3. The van der Waals surface area contributed by atoms with Gasteiger partial charge in [0, 0.05) is 11.4 Å². The van der Waals surface area contributed by atoms with E-state index >= 15 is 0 Å². The van der Waals surface area contributed by atoms with Crippen LogP contribution in [-0.4, -0.2) is 15.9 Å². The molecule has 0 aliphatic carbocycles. The summed E-state index contributed by atoms with van der Waals surface area (Å²) in [6.07, 6.45) is -4.38. The van der Waals surface area contributed by atoms with Crippen LogP contribution in [0.25, 0.3) is 0 Å². The van der Waals surface area contributed by atoms with Gasteiger partial charge in [-0.1, -0.05) is 24.8 Å². The molecule has 0 atom stereocenters. The Labute approximate surface area is 129 Å². The summed E-state index contributed by atoms with van der Waals surface area (Å²) in [4.78, 5) is 4.24. The van der Waals surface area contributed by atoms with E-state index in [2.05, 4.69) is 14.7 Å². The van der Waals surface area contributed by atoms with Gasteiger partial charge in [-0.05, 0) is 42.7 Å². The lowest BCUT2D eigenvalue weighted by atomic mass is 10.1. The van der Waals surface area contributed by atoms with Gasteiger partial charge < -0.3 is 5.32 Å². The van der Waals surface area contributed by atoms with Crippen LogP contribution in [0.1, 0.15) is 23.9 Å². The Bertz CT molecular complexity index is 611. The van der Waals surface area contributed by atoms with E-state index in [0.29, 0.717) is 28.8 Å². The molecule has 21 heavy (non-hydrogen) atoms. The second-order valence-electron chi connectivity index (χ2n) is 4.32. The van der Waals surface area contributed by atoms with Crippen LogP contribution in [0.4, 0.5) is 13.2 Å². The van der Waals surface area contributed by atoms with Gasteiger partial charge in [0.2, 0.25) is 0 Å². The molecule has 1 aromatic heterocycles. The van der Waals surface area contributed by atoms with Gasteiger partial charge in [0.05, 0.1) is 5.56 Å². The Morgan fingerprint density at radius 1 is 1.33 bits per heavy atom. The number of aryl methyl sites for hydroxylation is 1. The minimum Gasteiger partial charge on any atom is -0.313 e. The number of alkyl halides is 3. The van der Waals surface area contributed by atoms with E-state index in [0.717, 1.165) is 23.3 Å². The van der Waals surface area contributed by atoms with Crippen LogP contribution in [0.5, 0.6) is 0 Å². The van der Waals surface area contributed by atoms with E-state index in [1.807, 2.05) is 6.92 Å². The molecule has 3 nitrogen and oxygen atoms in total. The summed E-state index contributed by atoms with van der Waals surface area (Å²) >= 11 is 2.10. The maximum atomic E-state index is 13.2. The van der Waals surface area contributed by atoms with E-state index in [4.69, 9.17) is 0 Å². The maximum absolute atomic E-state index is 13.2. The van der Waals surface area contributed by atoms with Crippen molar-refractivity contribution < 1.29 is 13.2 Å². The van der Waals surface area contributed by atoms with Gasteiger partial charge in [-0.2, -0.15) is 17.5 Å². The summed E-state index contributed by atoms with van der Waals surface area (Å²) in [7, 11) is 0. The Morgan fingerprint density at radius 2 is 2.10 bits per heavy atom. The van der Waals surface area contributed by atoms with Crippen LogP contribution in [-0.2, 0) is 12.7 Å². The van der Waals surface area contributed by atoms with E-state index in [9.17, 15) is 13.2 Å². The van der Waals surface area contributed by atoms with Gasteiger partial charge in [0.1, 0.15) is 5.82 Å². The van der Waals surface area contributed by atoms with Crippen LogP contribution in [0.15, 0.2) is 27.4 Å². The molecule has 1 aromatic carbocycles.